The molecule has 1 rings (SSSR count). The molecule has 0 bridgehead atoms. The lowest BCUT2D eigenvalue weighted by molar-refractivity contribution is -0.0860. The van der Waals surface area contributed by atoms with Crippen LogP contribution in [-0.2, 0) is 9.47 Å². The Morgan fingerprint density at radius 2 is 2.00 bits per heavy atom. The molecule has 0 spiro atoms. The van der Waals surface area contributed by atoms with Crippen molar-refractivity contribution in [1.29, 1.82) is 0 Å². The fourth-order valence-corrected chi connectivity index (χ4v) is 1.78. The average Bonchev–Trinajstić information content (AvgIpc) is 2.14. The van der Waals surface area contributed by atoms with Gasteiger partial charge in [-0.1, -0.05) is 0 Å². The van der Waals surface area contributed by atoms with Crippen molar-refractivity contribution in [1.82, 2.24) is 4.90 Å². The quantitative estimate of drug-likeness (QED) is 0.711. The molecule has 0 radical (unpaired) electrons. The summed E-state index contributed by atoms with van der Waals surface area (Å²) in [4.78, 5) is 13.5. The van der Waals surface area contributed by atoms with Gasteiger partial charge in [-0.25, -0.2) is 4.79 Å². The van der Waals surface area contributed by atoms with Gasteiger partial charge in [0.05, 0.1) is 18.2 Å². The van der Waals surface area contributed by atoms with Gasteiger partial charge in [0.1, 0.15) is 5.60 Å². The van der Waals surface area contributed by atoms with Gasteiger partial charge in [0.15, 0.2) is 0 Å². The molecule has 0 aromatic rings. The number of carbonyl (C=O) groups is 1. The maximum Gasteiger partial charge on any atom is 0.410 e. The number of hydrogen-bond donors (Lipinski definition) is 0. The molecule has 0 aromatic heterocycles. The molecule has 100 valence electrons. The lowest BCUT2D eigenvalue weighted by Crippen LogP contribution is -2.48. The van der Waals surface area contributed by atoms with Crippen LogP contribution in [0.2, 0.25) is 0 Å². The zero-order chi connectivity index (χ0) is 13.3. The molecular weight excluding hydrogens is 218 g/mol. The lowest BCUT2D eigenvalue weighted by atomic mass is 9.95. The summed E-state index contributed by atoms with van der Waals surface area (Å²) >= 11 is 0. The second kappa shape index (κ2) is 4.84. The third-order valence-electron chi connectivity index (χ3n) is 2.98. The third-order valence-corrected chi connectivity index (χ3v) is 2.98. The average molecular weight is 243 g/mol. The van der Waals surface area contributed by atoms with Crippen molar-refractivity contribution in [2.45, 2.75) is 64.7 Å². The first-order chi connectivity index (χ1) is 7.61. The highest BCUT2D eigenvalue weighted by Gasteiger charge is 2.32. The largest absolute Gasteiger partial charge is 0.444 e. The Kier molecular flexibility index (Phi) is 4.07. The van der Waals surface area contributed by atoms with Gasteiger partial charge in [0.2, 0.25) is 0 Å². The summed E-state index contributed by atoms with van der Waals surface area (Å²) in [5.41, 5.74) is -0.509. The summed E-state index contributed by atoms with van der Waals surface area (Å²) in [6.07, 6.45) is 1.65. The van der Waals surface area contributed by atoms with Crippen molar-refractivity contribution in [2.24, 2.45) is 0 Å². The topological polar surface area (TPSA) is 38.8 Å². The molecule has 1 amide bonds. The Balaban J connectivity index is 2.49. The lowest BCUT2D eigenvalue weighted by Gasteiger charge is -2.39. The molecule has 1 unspecified atom stereocenters. The highest BCUT2D eigenvalue weighted by Crippen LogP contribution is 2.26. The SMILES string of the molecule is CN(C(=O)OC(C)(C)C)C1CCC(C)(C)OC1. The van der Waals surface area contributed by atoms with Crippen LogP contribution in [0.4, 0.5) is 4.79 Å². The van der Waals surface area contributed by atoms with Crippen LogP contribution in [0.1, 0.15) is 47.5 Å². The first-order valence-corrected chi connectivity index (χ1v) is 6.20. The minimum absolute atomic E-state index is 0.0642. The van der Waals surface area contributed by atoms with Crippen LogP contribution in [0.25, 0.3) is 0 Å². The van der Waals surface area contributed by atoms with Crippen molar-refractivity contribution in [3.8, 4) is 0 Å². The first kappa shape index (κ1) is 14.3. The Morgan fingerprint density at radius 3 is 2.41 bits per heavy atom. The van der Waals surface area contributed by atoms with Gasteiger partial charge in [-0.05, 0) is 47.5 Å². The molecule has 0 saturated carbocycles. The van der Waals surface area contributed by atoms with Crippen molar-refractivity contribution in [3.05, 3.63) is 0 Å². The molecule has 1 saturated heterocycles. The van der Waals surface area contributed by atoms with Crippen molar-refractivity contribution in [3.63, 3.8) is 0 Å². The molecule has 0 aliphatic carbocycles. The first-order valence-electron chi connectivity index (χ1n) is 6.20. The second-order valence-corrected chi connectivity index (χ2v) is 6.35. The molecule has 1 heterocycles. The van der Waals surface area contributed by atoms with Gasteiger partial charge in [0.25, 0.3) is 0 Å². The van der Waals surface area contributed by atoms with E-state index in [-0.39, 0.29) is 17.7 Å². The van der Waals surface area contributed by atoms with E-state index in [0.29, 0.717) is 6.61 Å². The van der Waals surface area contributed by atoms with E-state index in [1.54, 1.807) is 11.9 Å². The summed E-state index contributed by atoms with van der Waals surface area (Å²) in [6.45, 7) is 10.4. The summed E-state index contributed by atoms with van der Waals surface area (Å²) in [5, 5.41) is 0. The van der Waals surface area contributed by atoms with Crippen LogP contribution >= 0.6 is 0 Å². The minimum atomic E-state index is -0.444. The number of rotatable bonds is 1. The van der Waals surface area contributed by atoms with Crippen LogP contribution in [0.5, 0.6) is 0 Å². The van der Waals surface area contributed by atoms with Gasteiger partial charge in [-0.15, -0.1) is 0 Å². The Hall–Kier alpha value is -0.770. The van der Waals surface area contributed by atoms with E-state index in [1.807, 2.05) is 20.8 Å². The van der Waals surface area contributed by atoms with E-state index in [9.17, 15) is 4.79 Å². The van der Waals surface area contributed by atoms with Gasteiger partial charge >= 0.3 is 6.09 Å². The maximum atomic E-state index is 11.9. The molecule has 1 aliphatic heterocycles. The standard InChI is InChI=1S/C13H25NO3/c1-12(2,3)17-11(15)14(6)10-7-8-13(4,5)16-9-10/h10H,7-9H2,1-6H3. The minimum Gasteiger partial charge on any atom is -0.444 e. The highest BCUT2D eigenvalue weighted by molar-refractivity contribution is 5.68. The molecule has 1 atom stereocenters. The number of hydrogen-bond acceptors (Lipinski definition) is 3. The zero-order valence-electron chi connectivity index (χ0n) is 11.9. The predicted molar refractivity (Wildman–Crippen MR) is 67.1 cm³/mol. The predicted octanol–water partition coefficient (Wildman–Crippen LogP) is 2.81. The molecule has 4 nitrogen and oxygen atoms in total. The number of amides is 1. The normalized spacial score (nSPS) is 24.2. The van der Waals surface area contributed by atoms with Gasteiger partial charge < -0.3 is 14.4 Å². The van der Waals surface area contributed by atoms with Crippen LogP contribution in [0.15, 0.2) is 0 Å². The zero-order valence-corrected chi connectivity index (χ0v) is 11.9. The number of nitrogens with zero attached hydrogens (tertiary/aromatic N) is 1. The van der Waals surface area contributed by atoms with E-state index in [4.69, 9.17) is 9.47 Å². The maximum absolute atomic E-state index is 11.9. The second-order valence-electron chi connectivity index (χ2n) is 6.35. The summed E-state index contributed by atoms with van der Waals surface area (Å²) in [7, 11) is 1.78. The smallest absolute Gasteiger partial charge is 0.410 e. The van der Waals surface area contributed by atoms with Crippen LogP contribution < -0.4 is 0 Å². The van der Waals surface area contributed by atoms with Crippen molar-refractivity contribution < 1.29 is 14.3 Å². The highest BCUT2D eigenvalue weighted by atomic mass is 16.6. The summed E-state index contributed by atoms with van der Waals surface area (Å²) < 4.78 is 11.1. The molecule has 1 fully saturated rings. The molecule has 17 heavy (non-hydrogen) atoms. The molecule has 1 aliphatic rings. The fourth-order valence-electron chi connectivity index (χ4n) is 1.78. The van der Waals surface area contributed by atoms with Gasteiger partial charge in [0, 0.05) is 7.05 Å². The Labute approximate surface area is 104 Å². The molecule has 0 N–H and O–H groups in total. The molecule has 4 heteroatoms. The van der Waals surface area contributed by atoms with E-state index in [1.165, 1.54) is 0 Å². The van der Waals surface area contributed by atoms with Crippen LogP contribution in [-0.4, -0.2) is 41.9 Å². The summed E-state index contributed by atoms with van der Waals surface area (Å²) in [6, 6.07) is 0.123. The van der Waals surface area contributed by atoms with Crippen LogP contribution in [0, 0.1) is 0 Å². The summed E-state index contributed by atoms with van der Waals surface area (Å²) in [5.74, 6) is 0. The van der Waals surface area contributed by atoms with Crippen LogP contribution in [0.3, 0.4) is 0 Å². The van der Waals surface area contributed by atoms with Crippen molar-refractivity contribution in [2.75, 3.05) is 13.7 Å². The third kappa shape index (κ3) is 4.54. The van der Waals surface area contributed by atoms with E-state index in [0.717, 1.165) is 12.8 Å². The van der Waals surface area contributed by atoms with Crippen molar-refractivity contribution >= 4 is 6.09 Å². The van der Waals surface area contributed by atoms with E-state index >= 15 is 0 Å². The number of likely N-dealkylation sites (N-methyl/N-ethyl adjacent to an activating group) is 1. The monoisotopic (exact) mass is 243 g/mol. The Bertz CT molecular complexity index is 271. The number of ether oxygens (including phenoxy) is 2. The van der Waals surface area contributed by atoms with Gasteiger partial charge in [-0.3, -0.25) is 0 Å². The van der Waals surface area contributed by atoms with E-state index in [2.05, 4.69) is 13.8 Å². The molecular formula is C13H25NO3. The number of carbonyl (C=O) groups excluding carboxylic acids is 1. The fraction of sp³-hybridized carbons (Fsp3) is 0.923. The van der Waals surface area contributed by atoms with E-state index < -0.39 is 5.60 Å². The molecule has 0 aromatic carbocycles. The van der Waals surface area contributed by atoms with Gasteiger partial charge in [-0.2, -0.15) is 0 Å². The Morgan fingerprint density at radius 1 is 1.41 bits per heavy atom.